The number of hydrogen-bond acceptors (Lipinski definition) is 2. The van der Waals surface area contributed by atoms with Crippen molar-refractivity contribution in [3.63, 3.8) is 0 Å². The number of pyridine rings is 1. The molecule has 0 saturated carbocycles. The van der Waals surface area contributed by atoms with Gasteiger partial charge in [-0.3, -0.25) is 4.98 Å². The number of aromatic nitrogens is 1. The maximum absolute atomic E-state index is 13.8. The molecule has 3 aromatic rings. The van der Waals surface area contributed by atoms with Crippen LogP contribution < -0.4 is 4.74 Å². The third kappa shape index (κ3) is 4.34. The molecule has 0 aliphatic carbocycles. The summed E-state index contributed by atoms with van der Waals surface area (Å²) in [6, 6.07) is 15.0. The van der Waals surface area contributed by atoms with Crippen molar-refractivity contribution in [2.45, 2.75) is 59.5 Å². The van der Waals surface area contributed by atoms with Crippen LogP contribution in [0.4, 0.5) is 4.39 Å². The molecule has 0 bridgehead atoms. The van der Waals surface area contributed by atoms with Crippen LogP contribution in [0.3, 0.4) is 0 Å². The normalized spacial score (nSPS) is 14.9. The zero-order chi connectivity index (χ0) is 23.0. The van der Waals surface area contributed by atoms with Gasteiger partial charge in [-0.25, -0.2) is 4.39 Å². The molecular weight excluding hydrogens is 397 g/mol. The molecule has 0 amide bonds. The van der Waals surface area contributed by atoms with Crippen LogP contribution in [0, 0.1) is 11.7 Å². The lowest BCUT2D eigenvalue weighted by atomic mass is 9.84. The highest BCUT2D eigenvalue weighted by molar-refractivity contribution is 5.86. The molecule has 0 saturated heterocycles. The van der Waals surface area contributed by atoms with E-state index in [-0.39, 0.29) is 11.7 Å². The molecular formula is C29H32FNO. The third-order valence-electron chi connectivity index (χ3n) is 5.82. The quantitative estimate of drug-likeness (QED) is 0.418. The maximum Gasteiger partial charge on any atom is 0.129 e. The van der Waals surface area contributed by atoms with E-state index in [1.54, 1.807) is 12.1 Å². The molecule has 0 fully saturated rings. The Morgan fingerprint density at radius 2 is 1.69 bits per heavy atom. The predicted molar refractivity (Wildman–Crippen MR) is 131 cm³/mol. The second-order valence-electron chi connectivity index (χ2n) is 9.91. The lowest BCUT2D eigenvalue weighted by molar-refractivity contribution is 0.113. The smallest absolute Gasteiger partial charge is 0.129 e. The zero-order valence-corrected chi connectivity index (χ0v) is 19.9. The molecule has 0 unspecified atom stereocenters. The molecule has 4 rings (SSSR count). The number of para-hydroxylation sites is 1. The monoisotopic (exact) mass is 429 g/mol. The van der Waals surface area contributed by atoms with Crippen LogP contribution in [0.2, 0.25) is 0 Å². The predicted octanol–water partition coefficient (Wildman–Crippen LogP) is 8.06. The van der Waals surface area contributed by atoms with Gasteiger partial charge < -0.3 is 4.74 Å². The molecule has 0 spiro atoms. The van der Waals surface area contributed by atoms with Crippen LogP contribution in [0.15, 0.2) is 54.6 Å². The summed E-state index contributed by atoms with van der Waals surface area (Å²) in [5.74, 6) is 1.27. The van der Waals surface area contributed by atoms with E-state index >= 15 is 0 Å². The first-order valence-corrected chi connectivity index (χ1v) is 11.5. The first-order chi connectivity index (χ1) is 15.2. The number of benzene rings is 2. The van der Waals surface area contributed by atoms with E-state index in [1.165, 1.54) is 0 Å². The van der Waals surface area contributed by atoms with Crippen LogP contribution in [0.5, 0.6) is 5.75 Å². The molecule has 2 aromatic carbocycles. The largest absolute Gasteiger partial charge is 0.487 e. The molecule has 1 aliphatic heterocycles. The van der Waals surface area contributed by atoms with Gasteiger partial charge in [-0.15, -0.1) is 0 Å². The summed E-state index contributed by atoms with van der Waals surface area (Å²) in [5, 5.41) is 0. The highest BCUT2D eigenvalue weighted by Gasteiger charge is 2.33. The first-order valence-electron chi connectivity index (χ1n) is 11.5. The summed E-state index contributed by atoms with van der Waals surface area (Å²) < 4.78 is 20.3. The minimum atomic E-state index is -0.407. The lowest BCUT2D eigenvalue weighted by Gasteiger charge is -2.27. The maximum atomic E-state index is 13.8. The Balaban J connectivity index is 2.14. The first kappa shape index (κ1) is 22.3. The molecule has 1 aromatic heterocycles. The van der Waals surface area contributed by atoms with Crippen LogP contribution >= 0.6 is 0 Å². The van der Waals surface area contributed by atoms with Crippen molar-refractivity contribution in [1.82, 2.24) is 4.98 Å². The van der Waals surface area contributed by atoms with Crippen molar-refractivity contribution in [2.24, 2.45) is 5.92 Å². The highest BCUT2D eigenvalue weighted by Crippen LogP contribution is 2.45. The summed E-state index contributed by atoms with van der Waals surface area (Å²) >= 11 is 0. The number of hydrogen-bond donors (Lipinski definition) is 0. The van der Waals surface area contributed by atoms with Crippen molar-refractivity contribution in [1.29, 1.82) is 0 Å². The second-order valence-corrected chi connectivity index (χ2v) is 9.91. The second kappa shape index (κ2) is 8.54. The van der Waals surface area contributed by atoms with E-state index in [0.29, 0.717) is 12.3 Å². The van der Waals surface area contributed by atoms with Crippen molar-refractivity contribution in [2.75, 3.05) is 0 Å². The Kier molecular flexibility index (Phi) is 5.94. The molecule has 0 atom stereocenters. The van der Waals surface area contributed by atoms with Crippen LogP contribution in [0.1, 0.15) is 64.3 Å². The zero-order valence-electron chi connectivity index (χ0n) is 19.9. The molecule has 0 radical (unpaired) electrons. The molecule has 1 aliphatic rings. The van der Waals surface area contributed by atoms with E-state index < -0.39 is 5.60 Å². The van der Waals surface area contributed by atoms with Gasteiger partial charge in [-0.05, 0) is 66.6 Å². The number of fused-ring (bicyclic) bond motifs is 3. The van der Waals surface area contributed by atoms with Gasteiger partial charge in [0.15, 0.2) is 0 Å². The summed E-state index contributed by atoms with van der Waals surface area (Å²) in [4.78, 5) is 5.26. The highest BCUT2D eigenvalue weighted by atomic mass is 19.1. The van der Waals surface area contributed by atoms with Gasteiger partial charge in [0.05, 0.1) is 11.4 Å². The van der Waals surface area contributed by atoms with Gasteiger partial charge in [0.1, 0.15) is 17.2 Å². The fraction of sp³-hybridized carbons (Fsp3) is 0.345. The number of ether oxygens (including phenoxy) is 1. The van der Waals surface area contributed by atoms with Gasteiger partial charge in [0.25, 0.3) is 0 Å². The Morgan fingerprint density at radius 3 is 2.34 bits per heavy atom. The summed E-state index contributed by atoms with van der Waals surface area (Å²) in [6.45, 7) is 12.9. The Labute approximate surface area is 191 Å². The lowest BCUT2D eigenvalue weighted by Crippen LogP contribution is -2.30. The van der Waals surface area contributed by atoms with Crippen LogP contribution in [0.25, 0.3) is 28.5 Å². The fourth-order valence-electron chi connectivity index (χ4n) is 4.41. The summed E-state index contributed by atoms with van der Waals surface area (Å²) in [6.07, 6.45) is 5.13. The summed E-state index contributed by atoms with van der Waals surface area (Å²) in [5.41, 5.74) is 7.03. The Hall–Kier alpha value is -2.94. The minimum Gasteiger partial charge on any atom is -0.487 e. The average Bonchev–Trinajstić information content (AvgIpc) is 2.84. The Bertz CT molecular complexity index is 1160. The topological polar surface area (TPSA) is 22.1 Å². The van der Waals surface area contributed by atoms with E-state index in [0.717, 1.165) is 45.0 Å². The number of allylic oxidation sites excluding steroid dienone is 1. The van der Waals surface area contributed by atoms with Crippen molar-refractivity contribution < 1.29 is 9.13 Å². The average molecular weight is 430 g/mol. The van der Waals surface area contributed by atoms with Crippen LogP contribution in [-0.2, 0) is 6.42 Å². The standard InChI is InChI=1S/C29H32FNO/c1-18(2)11-16-23-26(20-12-14-21(30)15-13-20)24-17-29(5,6)32-25-10-8-7-9-22(25)28(24)31-27(23)19(3)4/h7-16,18-19H,17H2,1-6H3/b16-11+. The van der Waals surface area contributed by atoms with E-state index in [9.17, 15) is 4.39 Å². The van der Waals surface area contributed by atoms with Gasteiger partial charge in [0, 0.05) is 17.5 Å². The van der Waals surface area contributed by atoms with Gasteiger partial charge >= 0.3 is 0 Å². The summed E-state index contributed by atoms with van der Waals surface area (Å²) in [7, 11) is 0. The van der Waals surface area contributed by atoms with E-state index in [2.05, 4.69) is 59.8 Å². The third-order valence-corrected chi connectivity index (χ3v) is 5.82. The van der Waals surface area contributed by atoms with Crippen molar-refractivity contribution in [3.8, 4) is 28.1 Å². The molecule has 2 nitrogen and oxygen atoms in total. The molecule has 0 N–H and O–H groups in total. The van der Waals surface area contributed by atoms with E-state index in [1.807, 2.05) is 30.3 Å². The van der Waals surface area contributed by atoms with Gasteiger partial charge in [0.2, 0.25) is 0 Å². The number of halogens is 1. The molecule has 2 heterocycles. The van der Waals surface area contributed by atoms with Gasteiger partial charge in [-0.2, -0.15) is 0 Å². The molecule has 32 heavy (non-hydrogen) atoms. The molecule has 166 valence electrons. The van der Waals surface area contributed by atoms with E-state index in [4.69, 9.17) is 9.72 Å². The SMILES string of the molecule is CC(C)/C=C/c1c(C(C)C)nc2c(c1-c1ccc(F)cc1)CC(C)(C)Oc1ccccc1-2. The minimum absolute atomic E-state index is 0.230. The number of rotatable bonds is 4. The van der Waals surface area contributed by atoms with Crippen molar-refractivity contribution in [3.05, 3.63) is 77.2 Å². The molecule has 3 heteroatoms. The Morgan fingerprint density at radius 1 is 1.00 bits per heavy atom. The van der Waals surface area contributed by atoms with Crippen LogP contribution in [-0.4, -0.2) is 10.6 Å². The van der Waals surface area contributed by atoms with Crippen molar-refractivity contribution >= 4 is 6.08 Å². The number of nitrogens with zero attached hydrogens (tertiary/aromatic N) is 1. The van der Waals surface area contributed by atoms with Gasteiger partial charge in [-0.1, -0.05) is 64.1 Å². The fourth-order valence-corrected chi connectivity index (χ4v) is 4.41.